The Kier molecular flexibility index (Phi) is 3.80. The topological polar surface area (TPSA) is 9.23 Å². The minimum Gasteiger partial charge on any atom is -0.344 e. The van der Waals surface area contributed by atoms with Crippen molar-refractivity contribution in [2.75, 3.05) is 0 Å². The summed E-state index contributed by atoms with van der Waals surface area (Å²) in [5, 5.41) is 0. The van der Waals surface area contributed by atoms with E-state index in [1.807, 2.05) is 0 Å². The molecule has 0 radical (unpaired) electrons. The van der Waals surface area contributed by atoms with Crippen molar-refractivity contribution in [2.24, 2.45) is 0 Å². The molecule has 0 aromatic carbocycles. The van der Waals surface area contributed by atoms with Crippen LogP contribution in [-0.4, -0.2) is 11.1 Å². The fourth-order valence-electron chi connectivity index (χ4n) is 0.258. The van der Waals surface area contributed by atoms with Gasteiger partial charge >= 0.3 is 0 Å². The van der Waals surface area contributed by atoms with Crippen LogP contribution >= 0.6 is 23.2 Å². The molecule has 0 rings (SSSR count). The van der Waals surface area contributed by atoms with Crippen molar-refractivity contribution >= 4 is 23.2 Å². The van der Waals surface area contributed by atoms with Crippen LogP contribution in [-0.2, 0) is 4.74 Å². The molecule has 0 saturated heterocycles. The highest BCUT2D eigenvalue weighted by molar-refractivity contribution is 6.21. The lowest BCUT2D eigenvalue weighted by Crippen LogP contribution is -2.04. The molecule has 1 unspecified atom stereocenters. The maximum atomic E-state index is 5.37. The summed E-state index contributed by atoms with van der Waals surface area (Å²) < 4.78 is 4.78. The minimum atomic E-state index is -0.285. The van der Waals surface area contributed by atoms with Crippen molar-refractivity contribution in [3.63, 3.8) is 0 Å². The van der Waals surface area contributed by atoms with Gasteiger partial charge in [-0.25, -0.2) is 0 Å². The second kappa shape index (κ2) is 3.53. The second-order valence-electron chi connectivity index (χ2n) is 1.22. The number of hydrogen-bond acceptors (Lipinski definition) is 1. The van der Waals surface area contributed by atoms with Crippen LogP contribution in [0.15, 0.2) is 0 Å². The molecular formula is C4H8Cl2O. The summed E-state index contributed by atoms with van der Waals surface area (Å²) in [6.07, 6.45) is 0. The molecule has 0 aliphatic heterocycles. The molecule has 0 aliphatic carbocycles. The van der Waals surface area contributed by atoms with E-state index in [-0.39, 0.29) is 11.1 Å². The molecule has 0 bridgehead atoms. The largest absolute Gasteiger partial charge is 0.344 e. The van der Waals surface area contributed by atoms with Gasteiger partial charge in [-0.1, -0.05) is 23.2 Å². The molecule has 1 nitrogen and oxygen atoms in total. The van der Waals surface area contributed by atoms with Gasteiger partial charge in [-0.2, -0.15) is 0 Å². The third kappa shape index (κ3) is 6.54. The molecule has 44 valence electrons. The fourth-order valence-corrected chi connectivity index (χ4v) is 0.620. The zero-order valence-corrected chi connectivity index (χ0v) is 5.83. The van der Waals surface area contributed by atoms with Crippen molar-refractivity contribution in [1.82, 2.24) is 0 Å². The van der Waals surface area contributed by atoms with E-state index in [0.717, 1.165) is 0 Å². The highest BCUT2D eigenvalue weighted by atomic mass is 35.5. The zero-order chi connectivity index (χ0) is 5.86. The molecule has 0 spiro atoms. The average Bonchev–Trinajstić information content (AvgIpc) is 1.27. The lowest BCUT2D eigenvalue weighted by Gasteiger charge is -2.05. The molecule has 0 heterocycles. The Morgan fingerprint density at radius 2 is 1.43 bits per heavy atom. The van der Waals surface area contributed by atoms with Gasteiger partial charge in [0.2, 0.25) is 0 Å². The van der Waals surface area contributed by atoms with Crippen LogP contribution in [0.2, 0.25) is 0 Å². The Bertz CT molecular complexity index is 39.0. The summed E-state index contributed by atoms with van der Waals surface area (Å²) >= 11 is 10.7. The van der Waals surface area contributed by atoms with E-state index in [4.69, 9.17) is 27.9 Å². The summed E-state index contributed by atoms with van der Waals surface area (Å²) in [4.78, 5) is 0. The summed E-state index contributed by atoms with van der Waals surface area (Å²) in [6, 6.07) is 0. The zero-order valence-electron chi connectivity index (χ0n) is 4.32. The normalized spacial score (nSPS) is 18.9. The predicted octanol–water partition coefficient (Wildman–Crippen LogP) is 2.17. The molecule has 3 heteroatoms. The van der Waals surface area contributed by atoms with Gasteiger partial charge in [0.15, 0.2) is 0 Å². The molecule has 2 atom stereocenters. The smallest absolute Gasteiger partial charge is 0.130 e. The SMILES string of the molecule is CC(Cl)O[C@@H](C)Cl. The molecule has 0 amide bonds. The fraction of sp³-hybridized carbons (Fsp3) is 1.00. The molecule has 7 heavy (non-hydrogen) atoms. The number of alkyl halides is 2. The third-order valence-corrected chi connectivity index (χ3v) is 0.581. The molecule has 0 fully saturated rings. The van der Waals surface area contributed by atoms with Crippen LogP contribution < -0.4 is 0 Å². The molecular weight excluding hydrogens is 135 g/mol. The lowest BCUT2D eigenvalue weighted by atomic mass is 10.8. The van der Waals surface area contributed by atoms with E-state index in [9.17, 15) is 0 Å². The molecule has 0 aromatic rings. The van der Waals surface area contributed by atoms with Crippen molar-refractivity contribution < 1.29 is 4.74 Å². The van der Waals surface area contributed by atoms with Crippen LogP contribution in [0, 0.1) is 0 Å². The standard InChI is InChI=1S/C4H8Cl2O/c1-3(5)7-4(2)6/h3-4H,1-2H3/t3-,4?/m0/s1. The first-order chi connectivity index (χ1) is 3.13. The molecule has 0 saturated carbocycles. The first-order valence-electron chi connectivity index (χ1n) is 2.06. The summed E-state index contributed by atoms with van der Waals surface area (Å²) in [7, 11) is 0. The van der Waals surface area contributed by atoms with E-state index in [1.54, 1.807) is 13.8 Å². The van der Waals surface area contributed by atoms with Crippen molar-refractivity contribution in [3.05, 3.63) is 0 Å². The highest BCUT2D eigenvalue weighted by Gasteiger charge is 1.98. The maximum absolute atomic E-state index is 5.37. The Balaban J connectivity index is 2.95. The Morgan fingerprint density at radius 3 is 1.43 bits per heavy atom. The van der Waals surface area contributed by atoms with Crippen LogP contribution in [0.3, 0.4) is 0 Å². The molecule has 0 N–H and O–H groups in total. The first kappa shape index (κ1) is 7.54. The predicted molar refractivity (Wildman–Crippen MR) is 31.7 cm³/mol. The molecule has 0 aromatic heterocycles. The summed E-state index contributed by atoms with van der Waals surface area (Å²) in [6.45, 7) is 3.45. The lowest BCUT2D eigenvalue weighted by molar-refractivity contribution is 0.104. The van der Waals surface area contributed by atoms with Gasteiger partial charge in [-0.3, -0.25) is 0 Å². The first-order valence-corrected chi connectivity index (χ1v) is 2.94. The van der Waals surface area contributed by atoms with Crippen LogP contribution in [0.1, 0.15) is 13.8 Å². The Hall–Kier alpha value is 0.540. The summed E-state index contributed by atoms with van der Waals surface area (Å²) in [5.74, 6) is 0. The number of halogens is 2. The van der Waals surface area contributed by atoms with Crippen LogP contribution in [0.25, 0.3) is 0 Å². The average molecular weight is 143 g/mol. The van der Waals surface area contributed by atoms with Crippen LogP contribution in [0.5, 0.6) is 0 Å². The van der Waals surface area contributed by atoms with Crippen LogP contribution in [0.4, 0.5) is 0 Å². The number of ether oxygens (including phenoxy) is 1. The quantitative estimate of drug-likeness (QED) is 0.538. The Labute approximate surface area is 53.6 Å². The summed E-state index contributed by atoms with van der Waals surface area (Å²) in [5.41, 5.74) is -0.569. The van der Waals surface area contributed by atoms with Gasteiger partial charge in [-0.05, 0) is 13.8 Å². The van der Waals surface area contributed by atoms with Gasteiger partial charge in [0, 0.05) is 0 Å². The van der Waals surface area contributed by atoms with Gasteiger partial charge in [0.25, 0.3) is 0 Å². The Morgan fingerprint density at radius 1 is 1.14 bits per heavy atom. The van der Waals surface area contributed by atoms with E-state index in [2.05, 4.69) is 0 Å². The van der Waals surface area contributed by atoms with E-state index >= 15 is 0 Å². The van der Waals surface area contributed by atoms with E-state index in [0.29, 0.717) is 0 Å². The maximum Gasteiger partial charge on any atom is 0.130 e. The van der Waals surface area contributed by atoms with Crippen molar-refractivity contribution in [3.8, 4) is 0 Å². The van der Waals surface area contributed by atoms with Gasteiger partial charge in [0.05, 0.1) is 0 Å². The highest BCUT2D eigenvalue weighted by Crippen LogP contribution is 2.03. The van der Waals surface area contributed by atoms with Crippen molar-refractivity contribution in [1.29, 1.82) is 0 Å². The number of rotatable bonds is 2. The molecule has 0 aliphatic rings. The van der Waals surface area contributed by atoms with Gasteiger partial charge in [0.1, 0.15) is 11.1 Å². The van der Waals surface area contributed by atoms with E-state index in [1.165, 1.54) is 0 Å². The number of hydrogen-bond donors (Lipinski definition) is 0. The van der Waals surface area contributed by atoms with E-state index < -0.39 is 0 Å². The third-order valence-electron chi connectivity index (χ3n) is 0.375. The minimum absolute atomic E-state index is 0.285. The van der Waals surface area contributed by atoms with Gasteiger partial charge in [-0.15, -0.1) is 0 Å². The van der Waals surface area contributed by atoms with Gasteiger partial charge < -0.3 is 4.74 Å². The second-order valence-corrected chi connectivity index (χ2v) is 2.45. The monoisotopic (exact) mass is 142 g/mol. The van der Waals surface area contributed by atoms with Crippen molar-refractivity contribution in [2.45, 2.75) is 25.0 Å².